The molecule has 0 radical (unpaired) electrons. The van der Waals surface area contributed by atoms with Crippen molar-refractivity contribution in [1.29, 1.82) is 0 Å². The number of ether oxygens (including phenoxy) is 2. The van der Waals surface area contributed by atoms with Crippen LogP contribution in [0.4, 0.5) is 4.39 Å². The highest BCUT2D eigenvalue weighted by molar-refractivity contribution is 5.97. The monoisotopic (exact) mass is 357 g/mol. The van der Waals surface area contributed by atoms with E-state index in [1.807, 2.05) is 0 Å². The molecule has 136 valence electrons. The third kappa shape index (κ3) is 4.20. The van der Waals surface area contributed by atoms with E-state index in [-0.39, 0.29) is 24.1 Å². The van der Waals surface area contributed by atoms with Gasteiger partial charge in [0.25, 0.3) is 5.91 Å². The van der Waals surface area contributed by atoms with Gasteiger partial charge >= 0.3 is 5.97 Å². The zero-order chi connectivity index (χ0) is 18.5. The maximum absolute atomic E-state index is 13.3. The van der Waals surface area contributed by atoms with Gasteiger partial charge < -0.3 is 14.4 Å². The number of hydrogen-bond donors (Lipinski definition) is 0. The summed E-state index contributed by atoms with van der Waals surface area (Å²) in [6, 6.07) is 11.1. The third-order valence-electron chi connectivity index (χ3n) is 4.17. The minimum absolute atomic E-state index is 0.104. The fraction of sp³-hybridized carbons (Fsp3) is 0.300. The summed E-state index contributed by atoms with van der Waals surface area (Å²) in [7, 11) is 0. The first kappa shape index (κ1) is 17.9. The summed E-state index contributed by atoms with van der Waals surface area (Å²) >= 11 is 0. The lowest BCUT2D eigenvalue weighted by Gasteiger charge is -2.28. The van der Waals surface area contributed by atoms with Crippen molar-refractivity contribution in [1.82, 2.24) is 4.90 Å². The number of carbonyl (C=O) groups is 2. The molecule has 0 atom stereocenters. The van der Waals surface area contributed by atoms with Crippen molar-refractivity contribution in [2.45, 2.75) is 19.8 Å². The van der Waals surface area contributed by atoms with E-state index >= 15 is 0 Å². The summed E-state index contributed by atoms with van der Waals surface area (Å²) in [6.07, 6.45) is 0.861. The maximum Gasteiger partial charge on any atom is 0.307 e. The van der Waals surface area contributed by atoms with Crippen LogP contribution in [-0.2, 0) is 16.0 Å². The second-order valence-electron chi connectivity index (χ2n) is 5.98. The molecule has 1 amide bonds. The average Bonchev–Trinajstić information content (AvgIpc) is 2.61. The van der Waals surface area contributed by atoms with E-state index in [9.17, 15) is 14.0 Å². The second-order valence-corrected chi connectivity index (χ2v) is 5.98. The summed E-state index contributed by atoms with van der Waals surface area (Å²) < 4.78 is 23.8. The molecule has 0 bridgehead atoms. The molecule has 2 aromatic rings. The molecule has 6 heteroatoms. The Balaban J connectivity index is 1.68. The van der Waals surface area contributed by atoms with Gasteiger partial charge in [0.05, 0.1) is 13.0 Å². The molecule has 0 aromatic heterocycles. The van der Waals surface area contributed by atoms with E-state index in [0.29, 0.717) is 43.2 Å². The van der Waals surface area contributed by atoms with Crippen molar-refractivity contribution in [2.75, 3.05) is 19.7 Å². The number of benzene rings is 2. The zero-order valence-corrected chi connectivity index (χ0v) is 14.5. The van der Waals surface area contributed by atoms with Gasteiger partial charge in [0.15, 0.2) is 0 Å². The Labute approximate surface area is 151 Å². The average molecular weight is 357 g/mol. The molecule has 1 heterocycles. The van der Waals surface area contributed by atoms with Crippen LogP contribution in [-0.4, -0.2) is 36.5 Å². The Morgan fingerprint density at radius 2 is 2.00 bits per heavy atom. The SMILES string of the molecule is CCOC(=O)CCN1CCc2cc(Oc3cccc(F)c3)ccc2C1=O. The van der Waals surface area contributed by atoms with Crippen LogP contribution in [0.2, 0.25) is 0 Å². The second kappa shape index (κ2) is 7.99. The number of amides is 1. The molecule has 1 aliphatic rings. The lowest BCUT2D eigenvalue weighted by molar-refractivity contribution is -0.143. The van der Waals surface area contributed by atoms with Crippen LogP contribution >= 0.6 is 0 Å². The predicted molar refractivity (Wildman–Crippen MR) is 93.8 cm³/mol. The number of halogens is 1. The minimum Gasteiger partial charge on any atom is -0.466 e. The topological polar surface area (TPSA) is 55.8 Å². The molecule has 0 fully saturated rings. The largest absolute Gasteiger partial charge is 0.466 e. The lowest BCUT2D eigenvalue weighted by Crippen LogP contribution is -2.39. The molecule has 0 spiro atoms. The van der Waals surface area contributed by atoms with Crippen molar-refractivity contribution < 1.29 is 23.5 Å². The smallest absolute Gasteiger partial charge is 0.307 e. The summed E-state index contributed by atoms with van der Waals surface area (Å²) in [4.78, 5) is 25.7. The van der Waals surface area contributed by atoms with Gasteiger partial charge in [-0.15, -0.1) is 0 Å². The molecule has 0 saturated carbocycles. The number of hydrogen-bond acceptors (Lipinski definition) is 4. The molecular weight excluding hydrogens is 337 g/mol. The Morgan fingerprint density at radius 1 is 1.19 bits per heavy atom. The van der Waals surface area contributed by atoms with Crippen LogP contribution in [0.1, 0.15) is 29.3 Å². The lowest BCUT2D eigenvalue weighted by atomic mass is 9.98. The summed E-state index contributed by atoms with van der Waals surface area (Å²) in [5, 5.41) is 0. The van der Waals surface area contributed by atoms with Crippen LogP contribution in [0, 0.1) is 5.82 Å². The number of carbonyl (C=O) groups excluding carboxylic acids is 2. The Bertz CT molecular complexity index is 821. The van der Waals surface area contributed by atoms with Gasteiger partial charge in [0.2, 0.25) is 0 Å². The highest BCUT2D eigenvalue weighted by atomic mass is 19.1. The van der Waals surface area contributed by atoms with Gasteiger partial charge in [-0.05, 0) is 49.2 Å². The molecule has 26 heavy (non-hydrogen) atoms. The van der Waals surface area contributed by atoms with Gasteiger partial charge in [-0.1, -0.05) is 6.07 Å². The van der Waals surface area contributed by atoms with Crippen molar-refractivity contribution >= 4 is 11.9 Å². The maximum atomic E-state index is 13.3. The van der Waals surface area contributed by atoms with E-state index in [1.165, 1.54) is 12.1 Å². The summed E-state index contributed by atoms with van der Waals surface area (Å²) in [5.74, 6) is 0.191. The number of esters is 1. The van der Waals surface area contributed by atoms with Gasteiger partial charge in [-0.3, -0.25) is 9.59 Å². The van der Waals surface area contributed by atoms with Gasteiger partial charge in [-0.25, -0.2) is 4.39 Å². The highest BCUT2D eigenvalue weighted by Gasteiger charge is 2.25. The van der Waals surface area contributed by atoms with E-state index in [2.05, 4.69) is 0 Å². The van der Waals surface area contributed by atoms with E-state index in [0.717, 1.165) is 5.56 Å². The first-order valence-corrected chi connectivity index (χ1v) is 8.58. The molecular formula is C20H20FNO4. The Morgan fingerprint density at radius 3 is 2.77 bits per heavy atom. The number of rotatable bonds is 6. The molecule has 0 unspecified atom stereocenters. The van der Waals surface area contributed by atoms with E-state index in [4.69, 9.17) is 9.47 Å². The molecule has 0 N–H and O–H groups in total. The van der Waals surface area contributed by atoms with Gasteiger partial charge in [-0.2, -0.15) is 0 Å². The summed E-state index contributed by atoms with van der Waals surface area (Å²) in [6.45, 7) is 2.97. The Kier molecular flexibility index (Phi) is 5.51. The molecule has 3 rings (SSSR count). The van der Waals surface area contributed by atoms with Gasteiger partial charge in [0.1, 0.15) is 17.3 Å². The van der Waals surface area contributed by atoms with Crippen LogP contribution in [0.25, 0.3) is 0 Å². The molecule has 0 aliphatic carbocycles. The third-order valence-corrected chi connectivity index (χ3v) is 4.17. The molecule has 5 nitrogen and oxygen atoms in total. The van der Waals surface area contributed by atoms with Crippen molar-refractivity contribution in [3.8, 4) is 11.5 Å². The fourth-order valence-electron chi connectivity index (χ4n) is 2.92. The first-order chi connectivity index (χ1) is 12.6. The molecule has 0 saturated heterocycles. The normalized spacial score (nSPS) is 13.3. The summed E-state index contributed by atoms with van der Waals surface area (Å²) in [5.41, 5.74) is 1.49. The quantitative estimate of drug-likeness (QED) is 0.742. The highest BCUT2D eigenvalue weighted by Crippen LogP contribution is 2.27. The standard InChI is InChI=1S/C20H20FNO4/c1-2-25-19(23)9-11-22-10-8-14-12-17(6-7-18(14)20(22)24)26-16-5-3-4-15(21)13-16/h3-7,12-13H,2,8-11H2,1H3. The van der Waals surface area contributed by atoms with E-state index < -0.39 is 0 Å². The fourth-order valence-corrected chi connectivity index (χ4v) is 2.92. The minimum atomic E-state index is -0.368. The van der Waals surface area contributed by atoms with Crippen LogP contribution in [0.3, 0.4) is 0 Å². The number of nitrogens with zero attached hydrogens (tertiary/aromatic N) is 1. The van der Waals surface area contributed by atoms with Crippen molar-refractivity contribution in [3.63, 3.8) is 0 Å². The molecule has 1 aliphatic heterocycles. The van der Waals surface area contributed by atoms with Crippen LogP contribution < -0.4 is 4.74 Å². The van der Waals surface area contributed by atoms with Crippen LogP contribution in [0.5, 0.6) is 11.5 Å². The van der Waals surface area contributed by atoms with Gasteiger partial charge in [0, 0.05) is 24.7 Å². The first-order valence-electron chi connectivity index (χ1n) is 8.58. The van der Waals surface area contributed by atoms with Crippen LogP contribution in [0.15, 0.2) is 42.5 Å². The predicted octanol–water partition coefficient (Wildman–Crippen LogP) is 3.57. The van der Waals surface area contributed by atoms with E-state index in [1.54, 1.807) is 42.2 Å². The Hall–Kier alpha value is -2.89. The van der Waals surface area contributed by atoms with Crippen molar-refractivity contribution in [3.05, 3.63) is 59.4 Å². The number of fused-ring (bicyclic) bond motifs is 1. The molecule has 2 aromatic carbocycles. The van der Waals surface area contributed by atoms with Crippen molar-refractivity contribution in [2.24, 2.45) is 0 Å². The zero-order valence-electron chi connectivity index (χ0n) is 14.5.